The Morgan fingerprint density at radius 2 is 2.33 bits per heavy atom. The lowest BCUT2D eigenvalue weighted by Crippen LogP contribution is -2.40. The molecule has 2 N–H and O–H groups in total. The van der Waals surface area contributed by atoms with Gasteiger partial charge in [-0.25, -0.2) is 0 Å². The number of likely N-dealkylation sites (tertiary alicyclic amines) is 1. The van der Waals surface area contributed by atoms with Gasteiger partial charge in [0, 0.05) is 31.4 Å². The van der Waals surface area contributed by atoms with E-state index < -0.39 is 0 Å². The molecule has 5 heteroatoms. The van der Waals surface area contributed by atoms with Gasteiger partial charge in [-0.3, -0.25) is 4.79 Å². The first-order valence-corrected chi connectivity index (χ1v) is 6.80. The van der Waals surface area contributed by atoms with Crippen molar-refractivity contribution in [2.24, 2.45) is 5.73 Å². The average molecular weight is 270 g/mol. The van der Waals surface area contributed by atoms with Crippen LogP contribution in [-0.4, -0.2) is 34.5 Å². The van der Waals surface area contributed by atoms with Gasteiger partial charge in [0.1, 0.15) is 5.69 Å². The van der Waals surface area contributed by atoms with Gasteiger partial charge in [-0.1, -0.05) is 11.6 Å². The van der Waals surface area contributed by atoms with Crippen LogP contribution >= 0.6 is 11.6 Å². The van der Waals surface area contributed by atoms with E-state index in [1.54, 1.807) is 6.07 Å². The molecule has 1 atom stereocenters. The molecule has 0 spiro atoms. The number of carbonyl (C=O) groups excluding carboxylic acids is 1. The Hall–Kier alpha value is -1.00. The first-order valence-electron chi connectivity index (χ1n) is 6.43. The minimum atomic E-state index is 0.0450. The summed E-state index contributed by atoms with van der Waals surface area (Å²) in [5, 5.41) is 0.607. The van der Waals surface area contributed by atoms with Crippen LogP contribution in [0.25, 0.3) is 0 Å². The fourth-order valence-electron chi connectivity index (χ4n) is 2.54. The molecule has 1 aromatic heterocycles. The Labute approximate surface area is 113 Å². The van der Waals surface area contributed by atoms with Crippen LogP contribution in [0.4, 0.5) is 0 Å². The molecule has 1 fully saturated rings. The Kier molecular flexibility index (Phi) is 3.97. The summed E-state index contributed by atoms with van der Waals surface area (Å²) in [5.74, 6) is 0.0450. The number of carbonyl (C=O) groups is 1. The highest BCUT2D eigenvalue weighted by Gasteiger charge is 2.30. The van der Waals surface area contributed by atoms with E-state index in [0.717, 1.165) is 19.4 Å². The summed E-state index contributed by atoms with van der Waals surface area (Å²) in [4.78, 5) is 14.4. The number of aromatic nitrogens is 1. The average Bonchev–Trinajstić information content (AvgIpc) is 2.93. The minimum Gasteiger partial charge on any atom is -0.339 e. The maximum Gasteiger partial charge on any atom is 0.270 e. The van der Waals surface area contributed by atoms with Gasteiger partial charge in [-0.15, -0.1) is 0 Å². The fraction of sp³-hybridized carbons (Fsp3) is 0.615. The highest BCUT2D eigenvalue weighted by Crippen LogP contribution is 2.24. The summed E-state index contributed by atoms with van der Waals surface area (Å²) >= 11 is 6.01. The summed E-state index contributed by atoms with van der Waals surface area (Å²) in [6.07, 6.45) is 3.84. The van der Waals surface area contributed by atoms with Gasteiger partial charge >= 0.3 is 0 Å². The number of hydrogen-bond donors (Lipinski definition) is 1. The Morgan fingerprint density at radius 1 is 1.61 bits per heavy atom. The van der Waals surface area contributed by atoms with Crippen LogP contribution in [0.3, 0.4) is 0 Å². The molecule has 100 valence electrons. The number of halogens is 1. The minimum absolute atomic E-state index is 0.0450. The predicted molar refractivity (Wildman–Crippen MR) is 72.9 cm³/mol. The van der Waals surface area contributed by atoms with E-state index in [9.17, 15) is 4.79 Å². The van der Waals surface area contributed by atoms with Crippen LogP contribution < -0.4 is 5.73 Å². The quantitative estimate of drug-likeness (QED) is 0.915. The first-order chi connectivity index (χ1) is 8.54. The van der Waals surface area contributed by atoms with Crippen molar-refractivity contribution in [1.82, 2.24) is 9.47 Å². The van der Waals surface area contributed by atoms with Crippen LogP contribution in [0.1, 0.15) is 43.2 Å². The van der Waals surface area contributed by atoms with E-state index in [0.29, 0.717) is 17.3 Å². The second kappa shape index (κ2) is 5.33. The summed E-state index contributed by atoms with van der Waals surface area (Å²) < 4.78 is 1.93. The lowest BCUT2D eigenvalue weighted by molar-refractivity contribution is 0.0728. The van der Waals surface area contributed by atoms with Gasteiger partial charge in [0.25, 0.3) is 5.91 Å². The molecular formula is C13H20ClN3O. The van der Waals surface area contributed by atoms with E-state index in [1.807, 2.05) is 29.5 Å². The molecule has 0 radical (unpaired) electrons. The van der Waals surface area contributed by atoms with E-state index in [-0.39, 0.29) is 18.0 Å². The highest BCUT2D eigenvalue weighted by molar-refractivity contribution is 6.31. The third-order valence-electron chi connectivity index (χ3n) is 3.50. The van der Waals surface area contributed by atoms with Gasteiger partial charge in [0.2, 0.25) is 0 Å². The number of amides is 1. The smallest absolute Gasteiger partial charge is 0.270 e. The summed E-state index contributed by atoms with van der Waals surface area (Å²) in [6.45, 7) is 5.40. The SMILES string of the molecule is CC(C)n1cc(Cl)cc1C(=O)N1CCCC1CN. The second-order valence-electron chi connectivity index (χ2n) is 5.07. The van der Waals surface area contributed by atoms with Crippen molar-refractivity contribution in [1.29, 1.82) is 0 Å². The van der Waals surface area contributed by atoms with Gasteiger partial charge < -0.3 is 15.2 Å². The predicted octanol–water partition coefficient (Wildman–Crippen LogP) is 2.29. The number of rotatable bonds is 3. The zero-order valence-electron chi connectivity index (χ0n) is 10.9. The van der Waals surface area contributed by atoms with Crippen LogP contribution in [0, 0.1) is 0 Å². The first kappa shape index (κ1) is 13.4. The summed E-state index contributed by atoms with van der Waals surface area (Å²) in [5.41, 5.74) is 6.38. The number of hydrogen-bond acceptors (Lipinski definition) is 2. The van der Waals surface area contributed by atoms with Crippen molar-refractivity contribution in [3.05, 3.63) is 23.0 Å². The largest absolute Gasteiger partial charge is 0.339 e. The van der Waals surface area contributed by atoms with Gasteiger partial charge in [-0.2, -0.15) is 0 Å². The molecule has 1 aromatic rings. The van der Waals surface area contributed by atoms with Crippen LogP contribution in [0.15, 0.2) is 12.3 Å². The lowest BCUT2D eigenvalue weighted by atomic mass is 10.2. The summed E-state index contributed by atoms with van der Waals surface area (Å²) in [6, 6.07) is 2.14. The monoisotopic (exact) mass is 269 g/mol. The van der Waals surface area contributed by atoms with Crippen LogP contribution in [0.2, 0.25) is 5.02 Å². The Bertz CT molecular complexity index is 441. The van der Waals surface area contributed by atoms with Crippen molar-refractivity contribution >= 4 is 17.5 Å². The molecule has 4 nitrogen and oxygen atoms in total. The van der Waals surface area contributed by atoms with Crippen molar-refractivity contribution < 1.29 is 4.79 Å². The number of nitrogens with two attached hydrogens (primary N) is 1. The van der Waals surface area contributed by atoms with Gasteiger partial charge in [-0.05, 0) is 32.8 Å². The third-order valence-corrected chi connectivity index (χ3v) is 3.71. The normalized spacial score (nSPS) is 19.8. The van der Waals surface area contributed by atoms with Crippen LogP contribution in [-0.2, 0) is 0 Å². The number of nitrogens with zero attached hydrogens (tertiary/aromatic N) is 2. The third kappa shape index (κ3) is 2.40. The zero-order chi connectivity index (χ0) is 13.3. The molecule has 2 heterocycles. The topological polar surface area (TPSA) is 51.3 Å². The molecule has 1 unspecified atom stereocenters. The van der Waals surface area contributed by atoms with Crippen molar-refractivity contribution in [3.63, 3.8) is 0 Å². The molecule has 0 aromatic carbocycles. The highest BCUT2D eigenvalue weighted by atomic mass is 35.5. The molecule has 0 aliphatic carbocycles. The molecule has 1 aliphatic heterocycles. The molecule has 0 saturated carbocycles. The fourth-order valence-corrected chi connectivity index (χ4v) is 2.75. The lowest BCUT2D eigenvalue weighted by Gasteiger charge is -2.24. The molecule has 1 saturated heterocycles. The van der Waals surface area contributed by atoms with Crippen LogP contribution in [0.5, 0.6) is 0 Å². The molecule has 0 bridgehead atoms. The molecular weight excluding hydrogens is 250 g/mol. The van der Waals surface area contributed by atoms with Crippen molar-refractivity contribution in [2.45, 2.75) is 38.8 Å². The maximum absolute atomic E-state index is 12.5. The molecule has 18 heavy (non-hydrogen) atoms. The van der Waals surface area contributed by atoms with Gasteiger partial charge in [0.15, 0.2) is 0 Å². The van der Waals surface area contributed by atoms with E-state index in [4.69, 9.17) is 17.3 Å². The molecule has 1 amide bonds. The maximum atomic E-state index is 12.5. The zero-order valence-corrected chi connectivity index (χ0v) is 11.7. The summed E-state index contributed by atoms with van der Waals surface area (Å²) in [7, 11) is 0. The van der Waals surface area contributed by atoms with Gasteiger partial charge in [0.05, 0.1) is 5.02 Å². The van der Waals surface area contributed by atoms with Crippen molar-refractivity contribution in [2.75, 3.05) is 13.1 Å². The second-order valence-corrected chi connectivity index (χ2v) is 5.51. The molecule has 2 rings (SSSR count). The molecule has 1 aliphatic rings. The Balaban J connectivity index is 2.28. The van der Waals surface area contributed by atoms with Crippen molar-refractivity contribution in [3.8, 4) is 0 Å². The Morgan fingerprint density at radius 3 is 2.94 bits per heavy atom. The van der Waals surface area contributed by atoms with E-state index >= 15 is 0 Å². The standard InChI is InChI=1S/C13H20ClN3O/c1-9(2)17-8-10(14)6-12(17)13(18)16-5-3-4-11(16)7-15/h6,8-9,11H,3-5,7,15H2,1-2H3. The van der Waals surface area contributed by atoms with E-state index in [2.05, 4.69) is 0 Å². The van der Waals surface area contributed by atoms with E-state index in [1.165, 1.54) is 0 Å².